The van der Waals surface area contributed by atoms with Crippen molar-refractivity contribution < 1.29 is 123 Å². The molecule has 13 N–H and O–H groups in total. The first-order valence-corrected chi connectivity index (χ1v) is 21.5. The summed E-state index contributed by atoms with van der Waals surface area (Å²) in [6.07, 6.45) is -25.3. The molecule has 4 heterocycles. The molecule has 0 bridgehead atoms. The van der Waals surface area contributed by atoms with Crippen molar-refractivity contribution in [2.45, 2.75) is 131 Å². The molecule has 0 aromatic rings. The van der Waals surface area contributed by atoms with E-state index in [1.165, 1.54) is 0 Å². The van der Waals surface area contributed by atoms with Gasteiger partial charge >= 0.3 is 5.97 Å². The van der Waals surface area contributed by atoms with Gasteiger partial charge in [0.2, 0.25) is 17.7 Å². The van der Waals surface area contributed by atoms with Gasteiger partial charge < -0.3 is 110 Å². The number of rotatable bonds is 25. The van der Waals surface area contributed by atoms with Crippen LogP contribution in [0.15, 0.2) is 0 Å². The van der Waals surface area contributed by atoms with Crippen molar-refractivity contribution in [1.82, 2.24) is 20.2 Å². The van der Waals surface area contributed by atoms with Crippen molar-refractivity contribution in [2.24, 2.45) is 0 Å². The molecule has 4 rings (SSSR count). The molecule has 0 aromatic carbocycles. The SMILES string of the molecule is O=C(CN(CC(=O)N(CCO[C@H]1O[C@H](CO)[C@@H](O)[C@H](O)[C@@H]1O)CCO[C@H]1O[C@H](CO)[C@@H](O)[C@H](O)[C@@H]1O)C(=O)CCCCC(=O)ON1C(=O)CCC1=O)NCCO[C@@H]1O[C@@H](CO)[C@H](O)[C@@H](O)[C@H]1O. The van der Waals surface area contributed by atoms with E-state index in [2.05, 4.69) is 5.32 Å². The highest BCUT2D eigenvalue weighted by molar-refractivity contribution is 6.01. The lowest BCUT2D eigenvalue weighted by Crippen LogP contribution is -2.59. The molecular formula is C38H62N4O25. The summed E-state index contributed by atoms with van der Waals surface area (Å²) in [4.78, 5) is 83.5. The van der Waals surface area contributed by atoms with Crippen LogP contribution in [0.25, 0.3) is 0 Å². The first-order valence-electron chi connectivity index (χ1n) is 21.5. The lowest BCUT2D eigenvalue weighted by molar-refractivity contribution is -0.303. The molecule has 67 heavy (non-hydrogen) atoms. The Hall–Kier alpha value is -3.70. The number of aliphatic hydroxyl groups excluding tert-OH is 12. The van der Waals surface area contributed by atoms with Gasteiger partial charge in [0, 0.05) is 45.3 Å². The van der Waals surface area contributed by atoms with Crippen molar-refractivity contribution in [3.63, 3.8) is 0 Å². The molecule has 4 fully saturated rings. The molecule has 0 unspecified atom stereocenters. The van der Waals surface area contributed by atoms with Crippen molar-refractivity contribution in [1.29, 1.82) is 0 Å². The van der Waals surface area contributed by atoms with E-state index in [4.69, 9.17) is 33.3 Å². The predicted octanol–water partition coefficient (Wildman–Crippen LogP) is -9.62. The standard InChI is InChI=1S/C38H62N4O25/c43-15-18-27(52)30(55)33(58)36(64-18)61-10-7-39-21(46)13-41(22(47)3-1-2-4-26(51)67-42-23(48)5-6-24(42)49)14-25(50)40(8-11-62-37-34(59)31(56)28(53)19(16-44)65-37)9-12-63-38-35(60)32(57)29(54)20(17-45)66-38/h18-20,27-38,43-45,52-60H,1-17H2,(H,39,46)/t18-,19+,20+,27-,28+,29+,30+,31-,32-,33+,34-,35-,36+,37-,38-/m0/s1. The van der Waals surface area contributed by atoms with Gasteiger partial charge in [0.15, 0.2) is 18.9 Å². The average molecular weight is 975 g/mol. The summed E-state index contributed by atoms with van der Waals surface area (Å²) in [7, 11) is 0. The van der Waals surface area contributed by atoms with Crippen molar-refractivity contribution in [2.75, 3.05) is 72.4 Å². The van der Waals surface area contributed by atoms with Crippen LogP contribution in [0.3, 0.4) is 0 Å². The highest BCUT2D eigenvalue weighted by Crippen LogP contribution is 2.24. The number of aliphatic hydroxyl groups is 12. The summed E-state index contributed by atoms with van der Waals surface area (Å²) in [5, 5.41) is 123. The number of hydrogen-bond donors (Lipinski definition) is 13. The summed E-state index contributed by atoms with van der Waals surface area (Å²) in [5.41, 5.74) is 0. The number of ether oxygens (including phenoxy) is 6. The quantitative estimate of drug-likeness (QED) is 0.0298. The monoisotopic (exact) mass is 974 g/mol. The minimum Gasteiger partial charge on any atom is -0.394 e. The molecule has 29 heteroatoms. The molecule has 0 aliphatic carbocycles. The Morgan fingerprint density at radius 1 is 0.552 bits per heavy atom. The zero-order valence-electron chi connectivity index (χ0n) is 36.2. The van der Waals surface area contributed by atoms with Crippen LogP contribution in [-0.2, 0) is 62.0 Å². The van der Waals surface area contributed by atoms with E-state index in [1.54, 1.807) is 0 Å². The Kier molecular flexibility index (Phi) is 22.4. The number of unbranched alkanes of at least 4 members (excludes halogenated alkanes) is 1. The Morgan fingerprint density at radius 3 is 1.40 bits per heavy atom. The minimum absolute atomic E-state index is 0.000770. The number of imide groups is 1. The molecule has 0 aromatic heterocycles. The molecule has 0 radical (unpaired) electrons. The van der Waals surface area contributed by atoms with Crippen LogP contribution in [0.2, 0.25) is 0 Å². The van der Waals surface area contributed by atoms with E-state index >= 15 is 0 Å². The van der Waals surface area contributed by atoms with Gasteiger partial charge in [-0.3, -0.25) is 24.0 Å². The molecule has 4 aliphatic heterocycles. The van der Waals surface area contributed by atoms with E-state index < -0.39 is 174 Å². The van der Waals surface area contributed by atoms with Crippen LogP contribution in [0, 0.1) is 0 Å². The lowest BCUT2D eigenvalue weighted by Gasteiger charge is -2.40. The number of nitrogens with one attached hydrogen (secondary N) is 1. The first kappa shape index (κ1) is 55.9. The molecule has 29 nitrogen and oxygen atoms in total. The molecule has 0 saturated carbocycles. The van der Waals surface area contributed by atoms with E-state index in [0.717, 1.165) is 9.80 Å². The maximum Gasteiger partial charge on any atom is 0.333 e. The third-order valence-electron chi connectivity index (χ3n) is 11.1. The fourth-order valence-corrected chi connectivity index (χ4v) is 7.13. The Bertz CT molecular complexity index is 1570. The summed E-state index contributed by atoms with van der Waals surface area (Å²) >= 11 is 0. The zero-order chi connectivity index (χ0) is 49.5. The summed E-state index contributed by atoms with van der Waals surface area (Å²) in [6, 6.07) is 0. The van der Waals surface area contributed by atoms with Crippen LogP contribution < -0.4 is 5.32 Å². The molecule has 5 amide bonds. The largest absolute Gasteiger partial charge is 0.394 e. The Balaban J connectivity index is 1.43. The van der Waals surface area contributed by atoms with Gasteiger partial charge in [-0.25, -0.2) is 4.79 Å². The molecule has 4 saturated heterocycles. The van der Waals surface area contributed by atoms with Gasteiger partial charge in [0.05, 0.1) is 39.6 Å². The van der Waals surface area contributed by atoms with E-state index in [1.807, 2.05) is 0 Å². The van der Waals surface area contributed by atoms with E-state index in [0.29, 0.717) is 5.06 Å². The van der Waals surface area contributed by atoms with Gasteiger partial charge in [-0.05, 0) is 12.8 Å². The highest BCUT2D eigenvalue weighted by atomic mass is 16.7. The van der Waals surface area contributed by atoms with Crippen LogP contribution in [0.4, 0.5) is 0 Å². The zero-order valence-corrected chi connectivity index (χ0v) is 36.2. The number of carbonyl (C=O) groups excluding carboxylic acids is 6. The molecule has 384 valence electrons. The second-order valence-electron chi connectivity index (χ2n) is 15.9. The van der Waals surface area contributed by atoms with Gasteiger partial charge in [0.1, 0.15) is 86.3 Å². The van der Waals surface area contributed by atoms with Gasteiger partial charge in [-0.15, -0.1) is 5.06 Å². The summed E-state index contributed by atoms with van der Waals surface area (Å²) < 4.78 is 32.4. The second-order valence-corrected chi connectivity index (χ2v) is 15.9. The summed E-state index contributed by atoms with van der Waals surface area (Å²) in [5.74, 6) is -4.81. The second kappa shape index (κ2) is 26.9. The molecule has 0 spiro atoms. The van der Waals surface area contributed by atoms with Crippen LogP contribution in [-0.4, -0.2) is 276 Å². The normalized spacial score (nSPS) is 33.4. The lowest BCUT2D eigenvalue weighted by atomic mass is 9.99. The predicted molar refractivity (Wildman–Crippen MR) is 211 cm³/mol. The Morgan fingerprint density at radius 2 is 0.970 bits per heavy atom. The number of hydroxylamine groups is 2. The van der Waals surface area contributed by atoms with E-state index in [-0.39, 0.29) is 64.8 Å². The first-order chi connectivity index (χ1) is 31.8. The number of nitrogens with zero attached hydrogens (tertiary/aromatic N) is 3. The third kappa shape index (κ3) is 15.4. The molecular weight excluding hydrogens is 912 g/mol. The van der Waals surface area contributed by atoms with Gasteiger partial charge in [0.25, 0.3) is 11.8 Å². The maximum atomic E-state index is 14.0. The smallest absolute Gasteiger partial charge is 0.333 e. The average Bonchev–Trinajstić information content (AvgIpc) is 3.62. The van der Waals surface area contributed by atoms with Gasteiger partial charge in [-0.1, -0.05) is 0 Å². The van der Waals surface area contributed by atoms with Crippen LogP contribution in [0.5, 0.6) is 0 Å². The van der Waals surface area contributed by atoms with Crippen molar-refractivity contribution in [3.8, 4) is 0 Å². The molecule has 4 aliphatic rings. The van der Waals surface area contributed by atoms with Crippen LogP contribution in [0.1, 0.15) is 38.5 Å². The molecule has 15 atom stereocenters. The third-order valence-corrected chi connectivity index (χ3v) is 11.1. The number of amides is 5. The fourth-order valence-electron chi connectivity index (χ4n) is 7.13. The number of carbonyl (C=O) groups is 6. The summed E-state index contributed by atoms with van der Waals surface area (Å²) in [6.45, 7) is -6.19. The fraction of sp³-hybridized carbons (Fsp3) is 0.842. The Labute approximate surface area is 381 Å². The number of hydrogen-bond acceptors (Lipinski definition) is 25. The maximum absolute atomic E-state index is 14.0. The highest BCUT2D eigenvalue weighted by Gasteiger charge is 2.46. The van der Waals surface area contributed by atoms with Crippen molar-refractivity contribution >= 4 is 35.5 Å². The van der Waals surface area contributed by atoms with Crippen molar-refractivity contribution in [3.05, 3.63) is 0 Å². The van der Waals surface area contributed by atoms with Crippen LogP contribution >= 0.6 is 0 Å². The topological polar surface area (TPSA) is 432 Å². The minimum atomic E-state index is -1.81. The van der Waals surface area contributed by atoms with E-state index in [9.17, 15) is 90.0 Å². The van der Waals surface area contributed by atoms with Gasteiger partial charge in [-0.2, -0.15) is 0 Å².